The molecule has 21 heavy (non-hydrogen) atoms. The Bertz CT molecular complexity index is 433. The molecular weight excluding hydrogens is 269 g/mol. The van der Waals surface area contributed by atoms with E-state index in [1.165, 1.54) is 7.11 Å². The normalized spacial score (nSPS) is 19.7. The van der Waals surface area contributed by atoms with Crippen molar-refractivity contribution in [3.8, 4) is 5.75 Å². The van der Waals surface area contributed by atoms with Crippen molar-refractivity contribution in [1.29, 1.82) is 0 Å². The highest BCUT2D eigenvalue weighted by atomic mass is 19.1. The van der Waals surface area contributed by atoms with Crippen molar-refractivity contribution in [2.24, 2.45) is 5.92 Å². The molecule has 0 radical (unpaired) electrons. The summed E-state index contributed by atoms with van der Waals surface area (Å²) >= 11 is 0. The molecule has 1 aromatic rings. The maximum absolute atomic E-state index is 14.3. The van der Waals surface area contributed by atoms with Crippen molar-refractivity contribution < 1.29 is 13.9 Å². The molecule has 1 fully saturated rings. The lowest BCUT2D eigenvalue weighted by molar-refractivity contribution is 0.181. The third-order valence-electron chi connectivity index (χ3n) is 4.05. The van der Waals surface area contributed by atoms with E-state index in [0.29, 0.717) is 24.1 Å². The summed E-state index contributed by atoms with van der Waals surface area (Å²) in [6.45, 7) is 4.81. The van der Waals surface area contributed by atoms with Crippen LogP contribution in [0.1, 0.15) is 31.7 Å². The standard InChI is InChI=1S/C17H26FNO2/c1-3-8-19-15(10-13-7-9-21-12-13)11-14-5-4-6-16(20-2)17(14)18/h4-6,13,15,19H,3,7-12H2,1-2H3. The number of ether oxygens (including phenoxy) is 2. The minimum atomic E-state index is -0.231. The number of nitrogens with one attached hydrogen (secondary N) is 1. The van der Waals surface area contributed by atoms with Gasteiger partial charge in [0.25, 0.3) is 0 Å². The Kier molecular flexibility index (Phi) is 6.46. The fourth-order valence-electron chi connectivity index (χ4n) is 2.90. The molecule has 2 atom stereocenters. The molecule has 1 aromatic carbocycles. The van der Waals surface area contributed by atoms with Crippen LogP contribution in [0.15, 0.2) is 18.2 Å². The van der Waals surface area contributed by atoms with Crippen molar-refractivity contribution >= 4 is 0 Å². The number of halogens is 1. The highest BCUT2D eigenvalue weighted by molar-refractivity contribution is 5.31. The van der Waals surface area contributed by atoms with Gasteiger partial charge in [-0.1, -0.05) is 19.1 Å². The summed E-state index contributed by atoms with van der Waals surface area (Å²) in [6.07, 6.45) is 3.93. The van der Waals surface area contributed by atoms with Crippen molar-refractivity contribution in [2.75, 3.05) is 26.9 Å². The SMILES string of the molecule is CCCNC(Cc1cccc(OC)c1F)CC1CCOC1. The van der Waals surface area contributed by atoms with E-state index in [2.05, 4.69) is 12.2 Å². The number of rotatable bonds is 8. The molecule has 2 rings (SSSR count). The zero-order valence-electron chi connectivity index (χ0n) is 13.0. The first kappa shape index (κ1) is 16.2. The Morgan fingerprint density at radius 2 is 2.33 bits per heavy atom. The number of methoxy groups -OCH3 is 1. The van der Waals surface area contributed by atoms with Gasteiger partial charge in [-0.05, 0) is 49.8 Å². The summed E-state index contributed by atoms with van der Waals surface area (Å²) < 4.78 is 24.8. The molecule has 118 valence electrons. The minimum Gasteiger partial charge on any atom is -0.494 e. The third kappa shape index (κ3) is 4.68. The topological polar surface area (TPSA) is 30.5 Å². The van der Waals surface area contributed by atoms with Crippen molar-refractivity contribution in [2.45, 2.75) is 38.6 Å². The summed E-state index contributed by atoms with van der Waals surface area (Å²) in [5, 5.41) is 3.55. The van der Waals surface area contributed by atoms with Gasteiger partial charge in [0.15, 0.2) is 11.6 Å². The summed E-state index contributed by atoms with van der Waals surface area (Å²) in [4.78, 5) is 0. The van der Waals surface area contributed by atoms with E-state index < -0.39 is 0 Å². The van der Waals surface area contributed by atoms with Crippen LogP contribution >= 0.6 is 0 Å². The van der Waals surface area contributed by atoms with Gasteiger partial charge < -0.3 is 14.8 Å². The van der Waals surface area contributed by atoms with Crippen LogP contribution in [0.3, 0.4) is 0 Å². The van der Waals surface area contributed by atoms with Crippen LogP contribution in [0.5, 0.6) is 5.75 Å². The summed E-state index contributed by atoms with van der Waals surface area (Å²) in [6, 6.07) is 5.66. The highest BCUT2D eigenvalue weighted by Gasteiger charge is 2.22. The molecule has 0 spiro atoms. The van der Waals surface area contributed by atoms with Crippen molar-refractivity contribution in [1.82, 2.24) is 5.32 Å². The van der Waals surface area contributed by atoms with Gasteiger partial charge in [0, 0.05) is 19.3 Å². The van der Waals surface area contributed by atoms with Gasteiger partial charge in [0.1, 0.15) is 0 Å². The second-order valence-corrected chi connectivity index (χ2v) is 5.75. The molecule has 4 heteroatoms. The molecule has 1 N–H and O–H groups in total. The van der Waals surface area contributed by atoms with E-state index in [4.69, 9.17) is 9.47 Å². The molecule has 1 saturated heterocycles. The maximum Gasteiger partial charge on any atom is 0.168 e. The van der Waals surface area contributed by atoms with E-state index in [1.54, 1.807) is 6.07 Å². The van der Waals surface area contributed by atoms with Gasteiger partial charge in [0.2, 0.25) is 0 Å². The molecule has 0 aromatic heterocycles. The van der Waals surface area contributed by atoms with Gasteiger partial charge in [-0.25, -0.2) is 4.39 Å². The summed E-state index contributed by atoms with van der Waals surface area (Å²) in [5.74, 6) is 0.685. The molecule has 0 amide bonds. The number of hydrogen-bond donors (Lipinski definition) is 1. The van der Waals surface area contributed by atoms with Crippen LogP contribution < -0.4 is 10.1 Å². The van der Waals surface area contributed by atoms with Crippen LogP contribution in [0, 0.1) is 11.7 Å². The zero-order chi connectivity index (χ0) is 15.1. The molecule has 1 aliphatic heterocycles. The predicted molar refractivity (Wildman–Crippen MR) is 82.3 cm³/mol. The lowest BCUT2D eigenvalue weighted by atomic mass is 9.94. The molecular formula is C17H26FNO2. The van der Waals surface area contributed by atoms with Crippen molar-refractivity contribution in [3.05, 3.63) is 29.6 Å². The average molecular weight is 295 g/mol. The smallest absolute Gasteiger partial charge is 0.168 e. The first-order valence-electron chi connectivity index (χ1n) is 7.87. The lowest BCUT2D eigenvalue weighted by Gasteiger charge is -2.22. The Balaban J connectivity index is 2.02. The maximum atomic E-state index is 14.3. The number of benzene rings is 1. The molecule has 0 saturated carbocycles. The van der Waals surface area contributed by atoms with Crippen LogP contribution in [-0.2, 0) is 11.2 Å². The first-order valence-corrected chi connectivity index (χ1v) is 7.87. The molecule has 2 unspecified atom stereocenters. The van der Waals surface area contributed by atoms with E-state index in [0.717, 1.165) is 44.6 Å². The van der Waals surface area contributed by atoms with E-state index in [1.807, 2.05) is 12.1 Å². The van der Waals surface area contributed by atoms with Crippen molar-refractivity contribution in [3.63, 3.8) is 0 Å². The van der Waals surface area contributed by atoms with Gasteiger partial charge in [0.05, 0.1) is 7.11 Å². The average Bonchev–Trinajstić information content (AvgIpc) is 3.00. The fourth-order valence-corrected chi connectivity index (χ4v) is 2.90. The van der Waals surface area contributed by atoms with E-state index >= 15 is 0 Å². The van der Waals surface area contributed by atoms with Crippen LogP contribution in [0.4, 0.5) is 4.39 Å². The Labute approximate surface area is 126 Å². The zero-order valence-corrected chi connectivity index (χ0v) is 13.0. The lowest BCUT2D eigenvalue weighted by Crippen LogP contribution is -2.34. The molecule has 0 aliphatic carbocycles. The predicted octanol–water partition coefficient (Wildman–Crippen LogP) is 3.17. The molecule has 1 heterocycles. The largest absolute Gasteiger partial charge is 0.494 e. The molecule has 0 bridgehead atoms. The van der Waals surface area contributed by atoms with Crippen LogP contribution in [-0.4, -0.2) is 32.9 Å². The van der Waals surface area contributed by atoms with Crippen LogP contribution in [0.2, 0.25) is 0 Å². The Hall–Kier alpha value is -1.13. The van der Waals surface area contributed by atoms with Crippen LogP contribution in [0.25, 0.3) is 0 Å². The second kappa shape index (κ2) is 8.35. The number of hydrogen-bond acceptors (Lipinski definition) is 3. The third-order valence-corrected chi connectivity index (χ3v) is 4.05. The molecule has 1 aliphatic rings. The minimum absolute atomic E-state index is 0.231. The Morgan fingerprint density at radius 3 is 3.00 bits per heavy atom. The second-order valence-electron chi connectivity index (χ2n) is 5.75. The Morgan fingerprint density at radius 1 is 1.48 bits per heavy atom. The van der Waals surface area contributed by atoms with Gasteiger partial charge >= 0.3 is 0 Å². The highest BCUT2D eigenvalue weighted by Crippen LogP contribution is 2.24. The monoisotopic (exact) mass is 295 g/mol. The summed E-state index contributed by atoms with van der Waals surface area (Å²) in [7, 11) is 1.50. The van der Waals surface area contributed by atoms with E-state index in [-0.39, 0.29) is 5.82 Å². The first-order chi connectivity index (χ1) is 10.2. The quantitative estimate of drug-likeness (QED) is 0.799. The van der Waals surface area contributed by atoms with Gasteiger partial charge in [-0.3, -0.25) is 0 Å². The van der Waals surface area contributed by atoms with Gasteiger partial charge in [-0.2, -0.15) is 0 Å². The van der Waals surface area contributed by atoms with Gasteiger partial charge in [-0.15, -0.1) is 0 Å². The molecule has 3 nitrogen and oxygen atoms in total. The van der Waals surface area contributed by atoms with E-state index in [9.17, 15) is 4.39 Å². The fraction of sp³-hybridized carbons (Fsp3) is 0.647. The summed E-state index contributed by atoms with van der Waals surface area (Å²) in [5.41, 5.74) is 0.724.